The molecule has 2 aromatic rings. The maximum absolute atomic E-state index is 13.8. The van der Waals surface area contributed by atoms with Gasteiger partial charge in [-0.2, -0.15) is 0 Å². The molecule has 0 bridgehead atoms. The second-order valence-corrected chi connectivity index (χ2v) is 6.41. The number of amides is 1. The number of para-hydroxylation sites is 1. The Hall–Kier alpha value is -2.67. The van der Waals surface area contributed by atoms with Gasteiger partial charge in [0.15, 0.2) is 0 Å². The van der Waals surface area contributed by atoms with E-state index in [1.54, 1.807) is 6.07 Å². The molecule has 0 spiro atoms. The molecule has 2 rings (SSSR count). The first-order chi connectivity index (χ1) is 12.6. The quantitative estimate of drug-likeness (QED) is 0.720. The minimum atomic E-state index is -3.00. The molecule has 144 valence electrons. The van der Waals surface area contributed by atoms with Crippen molar-refractivity contribution in [2.45, 2.75) is 25.7 Å². The molecule has 4 nitrogen and oxygen atoms in total. The molecule has 0 aliphatic rings. The average molecular weight is 378 g/mol. The van der Waals surface area contributed by atoms with Crippen LogP contribution in [0.2, 0.25) is 0 Å². The zero-order chi connectivity index (χ0) is 20.2. The maximum Gasteiger partial charge on any atom is 0.270 e. The standard InChI is InChI=1S/C20H21F3N2O2/c1-12(26)18(19(27)25-17-6-4-3-5-16(17)21)15(11-24)13-7-9-14(10-8-13)20(2,22)23/h3-10,15,18H,11,24H2,1-2H3,(H,25,27). The van der Waals surface area contributed by atoms with Crippen molar-refractivity contribution in [1.29, 1.82) is 0 Å². The summed E-state index contributed by atoms with van der Waals surface area (Å²) in [7, 11) is 0. The van der Waals surface area contributed by atoms with Gasteiger partial charge in [-0.1, -0.05) is 36.4 Å². The SMILES string of the molecule is CC(=O)C(C(=O)Nc1ccccc1F)C(CN)c1ccc(C(C)(F)F)cc1. The zero-order valence-electron chi connectivity index (χ0n) is 15.0. The fourth-order valence-corrected chi connectivity index (χ4v) is 2.91. The highest BCUT2D eigenvalue weighted by Crippen LogP contribution is 2.31. The van der Waals surface area contributed by atoms with E-state index in [0.29, 0.717) is 5.56 Å². The maximum atomic E-state index is 13.8. The van der Waals surface area contributed by atoms with Gasteiger partial charge in [-0.25, -0.2) is 13.2 Å². The van der Waals surface area contributed by atoms with Gasteiger partial charge < -0.3 is 11.1 Å². The van der Waals surface area contributed by atoms with Crippen LogP contribution in [0.3, 0.4) is 0 Å². The molecule has 1 amide bonds. The van der Waals surface area contributed by atoms with Crippen LogP contribution in [0.15, 0.2) is 48.5 Å². The molecule has 0 heterocycles. The van der Waals surface area contributed by atoms with Crippen molar-refractivity contribution in [3.8, 4) is 0 Å². The first kappa shape index (κ1) is 20.6. The van der Waals surface area contributed by atoms with Gasteiger partial charge >= 0.3 is 0 Å². The number of carbonyl (C=O) groups is 2. The molecule has 0 aliphatic heterocycles. The lowest BCUT2D eigenvalue weighted by Gasteiger charge is -2.24. The van der Waals surface area contributed by atoms with Crippen LogP contribution < -0.4 is 11.1 Å². The summed E-state index contributed by atoms with van der Waals surface area (Å²) in [5, 5.41) is 2.40. The van der Waals surface area contributed by atoms with Crippen molar-refractivity contribution in [2.75, 3.05) is 11.9 Å². The number of anilines is 1. The Morgan fingerprint density at radius 1 is 1.11 bits per heavy atom. The third-order valence-electron chi connectivity index (χ3n) is 4.35. The van der Waals surface area contributed by atoms with Crippen LogP contribution in [0.25, 0.3) is 0 Å². The monoisotopic (exact) mass is 378 g/mol. The number of nitrogens with one attached hydrogen (secondary N) is 1. The van der Waals surface area contributed by atoms with Gasteiger partial charge in [0.05, 0.1) is 5.69 Å². The van der Waals surface area contributed by atoms with Crippen molar-refractivity contribution < 1.29 is 22.8 Å². The number of benzene rings is 2. The van der Waals surface area contributed by atoms with Gasteiger partial charge in [-0.3, -0.25) is 9.59 Å². The fraction of sp³-hybridized carbons (Fsp3) is 0.300. The van der Waals surface area contributed by atoms with Gasteiger partial charge in [0.1, 0.15) is 17.5 Å². The number of hydrogen-bond acceptors (Lipinski definition) is 3. The van der Waals surface area contributed by atoms with E-state index in [9.17, 15) is 22.8 Å². The number of hydrogen-bond donors (Lipinski definition) is 2. The summed E-state index contributed by atoms with van der Waals surface area (Å²) < 4.78 is 40.6. The summed E-state index contributed by atoms with van der Waals surface area (Å²) in [6.07, 6.45) is 0. The second-order valence-electron chi connectivity index (χ2n) is 6.41. The zero-order valence-corrected chi connectivity index (χ0v) is 15.0. The predicted octanol–water partition coefficient (Wildman–Crippen LogP) is 3.82. The van der Waals surface area contributed by atoms with E-state index in [1.807, 2.05) is 0 Å². The minimum absolute atomic E-state index is 0.0505. The summed E-state index contributed by atoms with van der Waals surface area (Å²) in [5.74, 6) is -6.70. The Morgan fingerprint density at radius 3 is 2.19 bits per heavy atom. The van der Waals surface area contributed by atoms with E-state index in [2.05, 4.69) is 5.32 Å². The molecule has 0 aromatic heterocycles. The Labute approximate surface area is 155 Å². The molecule has 3 N–H and O–H groups in total. The molecular formula is C20H21F3N2O2. The minimum Gasteiger partial charge on any atom is -0.330 e. The summed E-state index contributed by atoms with van der Waals surface area (Å²) >= 11 is 0. The van der Waals surface area contributed by atoms with Crippen LogP contribution in [0.1, 0.15) is 30.9 Å². The summed E-state index contributed by atoms with van der Waals surface area (Å²) in [6.45, 7) is 1.96. The highest BCUT2D eigenvalue weighted by atomic mass is 19.3. The number of halogens is 3. The van der Waals surface area contributed by atoms with Crippen LogP contribution in [0.5, 0.6) is 0 Å². The molecule has 7 heteroatoms. The summed E-state index contributed by atoms with van der Waals surface area (Å²) in [6, 6.07) is 10.9. The highest BCUT2D eigenvalue weighted by Gasteiger charge is 2.33. The topological polar surface area (TPSA) is 72.2 Å². The summed E-state index contributed by atoms with van der Waals surface area (Å²) in [5.41, 5.74) is 6.02. The van der Waals surface area contributed by atoms with Gasteiger partial charge in [0.2, 0.25) is 5.91 Å². The number of ketones is 1. The van der Waals surface area contributed by atoms with Crippen molar-refractivity contribution in [2.24, 2.45) is 11.7 Å². The largest absolute Gasteiger partial charge is 0.330 e. The average Bonchev–Trinajstić information content (AvgIpc) is 2.60. The van der Waals surface area contributed by atoms with E-state index in [1.165, 1.54) is 49.4 Å². The third-order valence-corrected chi connectivity index (χ3v) is 4.35. The van der Waals surface area contributed by atoms with E-state index in [0.717, 1.165) is 6.92 Å². The Balaban J connectivity index is 2.31. The second kappa shape index (κ2) is 8.35. The van der Waals surface area contributed by atoms with Crippen LogP contribution in [0.4, 0.5) is 18.9 Å². The molecule has 0 saturated carbocycles. The molecule has 2 aromatic carbocycles. The van der Waals surface area contributed by atoms with Crippen molar-refractivity contribution in [1.82, 2.24) is 0 Å². The molecule has 0 saturated heterocycles. The van der Waals surface area contributed by atoms with E-state index >= 15 is 0 Å². The third kappa shape index (κ3) is 4.95. The lowest BCUT2D eigenvalue weighted by molar-refractivity contribution is -0.130. The van der Waals surface area contributed by atoms with Gasteiger partial charge in [-0.05, 0) is 24.6 Å². The predicted molar refractivity (Wildman–Crippen MR) is 97.0 cm³/mol. The smallest absolute Gasteiger partial charge is 0.270 e. The molecule has 27 heavy (non-hydrogen) atoms. The van der Waals surface area contributed by atoms with Gasteiger partial charge in [0.25, 0.3) is 5.92 Å². The van der Waals surface area contributed by atoms with E-state index in [4.69, 9.17) is 5.73 Å². The lowest BCUT2D eigenvalue weighted by Crippen LogP contribution is -2.36. The van der Waals surface area contributed by atoms with E-state index in [-0.39, 0.29) is 17.8 Å². The molecule has 0 radical (unpaired) electrons. The Kier molecular flexibility index (Phi) is 6.38. The molecule has 0 aliphatic carbocycles. The first-order valence-corrected chi connectivity index (χ1v) is 8.39. The lowest BCUT2D eigenvalue weighted by atomic mass is 9.82. The summed E-state index contributed by atoms with van der Waals surface area (Å²) in [4.78, 5) is 24.8. The number of alkyl halides is 2. The fourth-order valence-electron chi connectivity index (χ4n) is 2.91. The first-order valence-electron chi connectivity index (χ1n) is 8.39. The number of nitrogens with two attached hydrogens (primary N) is 1. The normalized spacial score (nSPS) is 13.7. The van der Waals surface area contributed by atoms with Crippen LogP contribution >= 0.6 is 0 Å². The van der Waals surface area contributed by atoms with Crippen molar-refractivity contribution in [3.63, 3.8) is 0 Å². The van der Waals surface area contributed by atoms with Gasteiger partial charge in [-0.15, -0.1) is 0 Å². The van der Waals surface area contributed by atoms with E-state index < -0.39 is 35.3 Å². The van der Waals surface area contributed by atoms with Crippen LogP contribution in [0, 0.1) is 11.7 Å². The molecular weight excluding hydrogens is 357 g/mol. The molecule has 0 fully saturated rings. The number of Topliss-reactive ketones (excluding diaryl/α,β-unsaturated/α-hetero) is 1. The Morgan fingerprint density at radius 2 is 1.70 bits per heavy atom. The van der Waals surface area contributed by atoms with Crippen LogP contribution in [-0.2, 0) is 15.5 Å². The number of rotatable bonds is 7. The molecule has 2 unspecified atom stereocenters. The molecule has 2 atom stereocenters. The van der Waals surface area contributed by atoms with Gasteiger partial charge in [0, 0.05) is 24.9 Å². The van der Waals surface area contributed by atoms with Crippen molar-refractivity contribution >= 4 is 17.4 Å². The highest BCUT2D eigenvalue weighted by molar-refractivity contribution is 6.07. The van der Waals surface area contributed by atoms with Crippen molar-refractivity contribution in [3.05, 3.63) is 65.5 Å². The van der Waals surface area contributed by atoms with Crippen LogP contribution in [-0.4, -0.2) is 18.2 Å². The Bertz CT molecular complexity index is 817. The number of carbonyl (C=O) groups excluding carboxylic acids is 2.